The summed E-state index contributed by atoms with van der Waals surface area (Å²) in [7, 11) is 0.191. The van der Waals surface area contributed by atoms with E-state index < -0.39 is 10.8 Å². The number of carbonyl (C=O) groups is 1. The highest BCUT2D eigenvalue weighted by Crippen LogP contribution is 2.24. The number of hydrogen-bond donors (Lipinski definition) is 1. The van der Waals surface area contributed by atoms with Crippen molar-refractivity contribution in [1.29, 1.82) is 0 Å². The standard InChI is InChI=1S/C17H18ClNO3S/c1-12-3-6-15(7-4-12)19-17(20)11-23(21)10-13-9-14(18)5-8-16(13)22-2/h3-9H,10-11H2,1-2H3,(H,19,20)/t23-/m1/s1. The lowest BCUT2D eigenvalue weighted by Gasteiger charge is -2.09. The minimum absolute atomic E-state index is 0.0798. The predicted molar refractivity (Wildman–Crippen MR) is 94.5 cm³/mol. The van der Waals surface area contributed by atoms with Crippen LogP contribution in [0.25, 0.3) is 0 Å². The van der Waals surface area contributed by atoms with Crippen LogP contribution in [0.3, 0.4) is 0 Å². The molecular weight excluding hydrogens is 334 g/mol. The topological polar surface area (TPSA) is 55.4 Å². The molecule has 0 aromatic heterocycles. The van der Waals surface area contributed by atoms with Crippen LogP contribution in [0.2, 0.25) is 5.02 Å². The predicted octanol–water partition coefficient (Wildman–Crippen LogP) is 3.54. The molecule has 0 saturated carbocycles. The summed E-state index contributed by atoms with van der Waals surface area (Å²) >= 11 is 5.95. The fraction of sp³-hybridized carbons (Fsp3) is 0.235. The van der Waals surface area contributed by atoms with Gasteiger partial charge < -0.3 is 10.1 Å². The number of benzene rings is 2. The van der Waals surface area contributed by atoms with Crippen molar-refractivity contribution in [2.24, 2.45) is 0 Å². The molecule has 6 heteroatoms. The van der Waals surface area contributed by atoms with Gasteiger partial charge in [0.2, 0.25) is 5.91 Å². The summed E-state index contributed by atoms with van der Waals surface area (Å²) in [6.45, 7) is 1.97. The van der Waals surface area contributed by atoms with Gasteiger partial charge in [0, 0.05) is 27.1 Å². The van der Waals surface area contributed by atoms with E-state index >= 15 is 0 Å². The smallest absolute Gasteiger partial charge is 0.237 e. The number of rotatable bonds is 6. The largest absolute Gasteiger partial charge is 0.496 e. The number of anilines is 1. The highest BCUT2D eigenvalue weighted by molar-refractivity contribution is 7.85. The average molecular weight is 352 g/mol. The Labute approximate surface area is 143 Å². The zero-order valence-electron chi connectivity index (χ0n) is 13.0. The van der Waals surface area contributed by atoms with E-state index in [0.717, 1.165) is 11.1 Å². The lowest BCUT2D eigenvalue weighted by molar-refractivity contribution is -0.113. The molecule has 0 aliphatic rings. The molecule has 0 radical (unpaired) electrons. The van der Waals surface area contributed by atoms with Gasteiger partial charge in [-0.3, -0.25) is 9.00 Å². The Morgan fingerprint density at radius 2 is 1.91 bits per heavy atom. The first-order chi connectivity index (χ1) is 11.0. The molecule has 2 aromatic rings. The van der Waals surface area contributed by atoms with Crippen LogP contribution < -0.4 is 10.1 Å². The fourth-order valence-corrected chi connectivity index (χ4v) is 3.30. The molecule has 4 nitrogen and oxygen atoms in total. The number of halogens is 1. The zero-order chi connectivity index (χ0) is 16.8. The van der Waals surface area contributed by atoms with E-state index in [2.05, 4.69) is 5.32 Å². The van der Waals surface area contributed by atoms with Crippen LogP contribution in [0.15, 0.2) is 42.5 Å². The van der Waals surface area contributed by atoms with Crippen molar-refractivity contribution in [3.8, 4) is 5.75 Å². The second-order valence-corrected chi connectivity index (χ2v) is 6.99. The highest BCUT2D eigenvalue weighted by atomic mass is 35.5. The number of methoxy groups -OCH3 is 1. The molecule has 1 amide bonds. The number of amides is 1. The van der Waals surface area contributed by atoms with Crippen molar-refractivity contribution in [1.82, 2.24) is 0 Å². The van der Waals surface area contributed by atoms with E-state index in [1.165, 1.54) is 0 Å². The van der Waals surface area contributed by atoms with Gasteiger partial charge in [0.15, 0.2) is 0 Å². The third-order valence-corrected chi connectivity index (χ3v) is 4.64. The second-order valence-electron chi connectivity index (χ2n) is 5.10. The molecule has 2 aromatic carbocycles. The van der Waals surface area contributed by atoms with Crippen LogP contribution in [0.4, 0.5) is 5.69 Å². The fourth-order valence-electron chi connectivity index (χ4n) is 2.06. The van der Waals surface area contributed by atoms with Crippen molar-refractivity contribution in [3.05, 3.63) is 58.6 Å². The lowest BCUT2D eigenvalue weighted by atomic mass is 10.2. The van der Waals surface area contributed by atoms with Crippen LogP contribution in [0, 0.1) is 6.92 Å². The second kappa shape index (κ2) is 8.13. The van der Waals surface area contributed by atoms with Crippen LogP contribution in [0.1, 0.15) is 11.1 Å². The van der Waals surface area contributed by atoms with Gasteiger partial charge in [-0.05, 0) is 37.3 Å². The minimum atomic E-state index is -1.35. The summed E-state index contributed by atoms with van der Waals surface area (Å²) < 4.78 is 17.4. The van der Waals surface area contributed by atoms with Crippen molar-refractivity contribution in [2.75, 3.05) is 18.2 Å². The van der Waals surface area contributed by atoms with Gasteiger partial charge in [-0.1, -0.05) is 29.3 Å². The van der Waals surface area contributed by atoms with E-state index in [4.69, 9.17) is 16.3 Å². The summed E-state index contributed by atoms with van der Waals surface area (Å²) in [4.78, 5) is 12.0. The van der Waals surface area contributed by atoms with Crippen molar-refractivity contribution in [2.45, 2.75) is 12.7 Å². The molecule has 2 rings (SSSR count). The Morgan fingerprint density at radius 3 is 2.57 bits per heavy atom. The van der Waals surface area contributed by atoms with Crippen molar-refractivity contribution in [3.63, 3.8) is 0 Å². The Balaban J connectivity index is 1.95. The molecule has 0 bridgehead atoms. The molecule has 0 unspecified atom stereocenters. The van der Waals surface area contributed by atoms with E-state index in [1.54, 1.807) is 25.3 Å². The van der Waals surface area contributed by atoms with Crippen molar-refractivity contribution < 1.29 is 13.7 Å². The quantitative estimate of drug-likeness (QED) is 0.866. The summed E-state index contributed by atoms with van der Waals surface area (Å²) in [5, 5.41) is 3.28. The Bertz CT molecular complexity index is 716. The summed E-state index contributed by atoms with van der Waals surface area (Å²) in [6.07, 6.45) is 0. The molecule has 0 spiro atoms. The number of aryl methyl sites for hydroxylation is 1. The maximum atomic E-state index is 12.2. The SMILES string of the molecule is COc1ccc(Cl)cc1C[S@@](=O)CC(=O)Nc1ccc(C)cc1. The summed E-state index contributed by atoms with van der Waals surface area (Å²) in [5.41, 5.74) is 2.53. The van der Waals surface area contributed by atoms with Gasteiger partial charge in [-0.25, -0.2) is 0 Å². The molecule has 0 fully saturated rings. The molecule has 0 saturated heterocycles. The maximum absolute atomic E-state index is 12.2. The van der Waals surface area contributed by atoms with E-state index in [-0.39, 0.29) is 17.4 Å². The third kappa shape index (κ3) is 5.37. The van der Waals surface area contributed by atoms with Crippen LogP contribution >= 0.6 is 11.6 Å². The molecule has 0 aliphatic heterocycles. The van der Waals surface area contributed by atoms with Gasteiger partial charge in [0.1, 0.15) is 11.5 Å². The maximum Gasteiger partial charge on any atom is 0.237 e. The van der Waals surface area contributed by atoms with E-state index in [9.17, 15) is 9.00 Å². The minimum Gasteiger partial charge on any atom is -0.496 e. The van der Waals surface area contributed by atoms with Gasteiger partial charge in [0.25, 0.3) is 0 Å². The zero-order valence-corrected chi connectivity index (χ0v) is 14.5. The number of hydrogen-bond acceptors (Lipinski definition) is 3. The van der Waals surface area contributed by atoms with Crippen LogP contribution in [0.5, 0.6) is 5.75 Å². The molecule has 23 heavy (non-hydrogen) atoms. The van der Waals surface area contributed by atoms with Gasteiger partial charge >= 0.3 is 0 Å². The van der Waals surface area contributed by atoms with E-state index in [0.29, 0.717) is 16.5 Å². The third-order valence-electron chi connectivity index (χ3n) is 3.19. The van der Waals surface area contributed by atoms with E-state index in [1.807, 2.05) is 31.2 Å². The molecule has 0 aliphatic carbocycles. The average Bonchev–Trinajstić information content (AvgIpc) is 2.49. The highest BCUT2D eigenvalue weighted by Gasteiger charge is 2.12. The van der Waals surface area contributed by atoms with Gasteiger partial charge in [-0.15, -0.1) is 0 Å². The number of nitrogens with one attached hydrogen (secondary N) is 1. The first-order valence-corrected chi connectivity index (χ1v) is 8.88. The number of carbonyl (C=O) groups excluding carboxylic acids is 1. The molecular formula is C17H18ClNO3S. The summed E-state index contributed by atoms with van der Waals surface area (Å²) in [6, 6.07) is 12.6. The van der Waals surface area contributed by atoms with Gasteiger partial charge in [-0.2, -0.15) is 0 Å². The molecule has 122 valence electrons. The first kappa shape index (κ1) is 17.5. The molecule has 1 N–H and O–H groups in total. The normalized spacial score (nSPS) is 11.8. The lowest BCUT2D eigenvalue weighted by Crippen LogP contribution is -2.20. The van der Waals surface area contributed by atoms with Crippen molar-refractivity contribution >= 4 is 34.0 Å². The monoisotopic (exact) mass is 351 g/mol. The van der Waals surface area contributed by atoms with Crippen LogP contribution in [-0.4, -0.2) is 23.0 Å². The number of ether oxygens (including phenoxy) is 1. The van der Waals surface area contributed by atoms with Crippen LogP contribution in [-0.2, 0) is 21.3 Å². The molecule has 1 atom stereocenters. The Hall–Kier alpha value is -1.85. The summed E-state index contributed by atoms with van der Waals surface area (Å²) in [5.74, 6) is 0.462. The Morgan fingerprint density at radius 1 is 1.22 bits per heavy atom. The van der Waals surface area contributed by atoms with Gasteiger partial charge in [0.05, 0.1) is 12.9 Å². The Kier molecular flexibility index (Phi) is 6.19. The first-order valence-electron chi connectivity index (χ1n) is 7.02. The molecule has 0 heterocycles.